The molecule has 0 saturated carbocycles. The molecule has 0 aromatic rings. The largest absolute Gasteiger partial charge is 2.00 e. The maximum Gasteiger partial charge on any atom is 2.00 e. The maximum atomic E-state index is 3.62. The van der Waals surface area contributed by atoms with Gasteiger partial charge in [-0.15, -0.1) is 6.58 Å². The summed E-state index contributed by atoms with van der Waals surface area (Å²) in [7, 11) is 0. The third-order valence-corrected chi connectivity index (χ3v) is 0.848. The van der Waals surface area contributed by atoms with Crippen LogP contribution >= 0.6 is 0 Å². The van der Waals surface area contributed by atoms with Gasteiger partial charge >= 0.3 is 19.5 Å². The van der Waals surface area contributed by atoms with E-state index in [9.17, 15) is 0 Å². The van der Waals surface area contributed by atoms with Crippen LogP contribution in [0.2, 0.25) is 0 Å². The molecule has 0 fully saturated rings. The van der Waals surface area contributed by atoms with Crippen molar-refractivity contribution in [1.82, 2.24) is 0 Å². The fourth-order valence-electron chi connectivity index (χ4n) is 0.391. The molecule has 0 nitrogen and oxygen atoms in total. The van der Waals surface area contributed by atoms with Gasteiger partial charge in [0, 0.05) is 0 Å². The first-order chi connectivity index (χ1) is 3.27. The fourth-order valence-corrected chi connectivity index (χ4v) is 0.391. The second-order valence-corrected chi connectivity index (χ2v) is 2.03. The van der Waals surface area contributed by atoms with E-state index in [1.54, 1.807) is 0 Å². The van der Waals surface area contributed by atoms with E-state index < -0.39 is 0 Å². The number of hydrogen-bond donors (Lipinski definition) is 0. The predicted octanol–water partition coefficient (Wildman–Crippen LogP) is -3.43. The molecule has 0 N–H and O–H groups in total. The Bertz CT molecular complexity index is 55.6. The van der Waals surface area contributed by atoms with Gasteiger partial charge in [-0.1, -0.05) is 19.9 Å². The van der Waals surface area contributed by atoms with Crippen molar-refractivity contribution in [2.75, 3.05) is 0 Å². The molecule has 0 unspecified atom stereocenters. The molecule has 0 heterocycles. The zero-order chi connectivity index (χ0) is 5.70. The van der Waals surface area contributed by atoms with Crippen molar-refractivity contribution < 1.29 is 44.3 Å². The summed E-state index contributed by atoms with van der Waals surface area (Å²) < 4.78 is 0. The predicted molar refractivity (Wildman–Crippen MR) is 34.0 cm³/mol. The zero-order valence-corrected chi connectivity index (χ0v) is 11.1. The van der Waals surface area contributed by atoms with Crippen LogP contribution in [0, 0.1) is 5.92 Å². The van der Waals surface area contributed by atoms with Crippen molar-refractivity contribution in [2.24, 2.45) is 0 Å². The quantitative estimate of drug-likeness (QED) is 0.352. The summed E-state index contributed by atoms with van der Waals surface area (Å²) in [6.45, 7) is 7.90. The van der Waals surface area contributed by atoms with Gasteiger partial charge in [-0.3, -0.25) is 0 Å². The molecule has 0 amide bonds. The van der Waals surface area contributed by atoms with E-state index in [4.69, 9.17) is 0 Å². The van der Waals surface area contributed by atoms with Crippen molar-refractivity contribution in [2.45, 2.75) is 26.7 Å². The molecule has 0 aliphatic rings. The summed E-state index contributed by atoms with van der Waals surface area (Å²) in [5.74, 6) is 1.49. The van der Waals surface area contributed by atoms with Gasteiger partial charge in [0.25, 0.3) is 0 Å². The minimum Gasteiger partial charge on any atom is -1.00 e. The van der Waals surface area contributed by atoms with Crippen LogP contribution in [0.5, 0.6) is 0 Å². The van der Waals surface area contributed by atoms with Crippen molar-refractivity contribution in [3.8, 4) is 0 Å². The van der Waals surface area contributed by atoms with E-state index in [0.29, 0.717) is 0 Å². The Labute approximate surface area is 89.4 Å². The minimum absolute atomic E-state index is 0. The average molecular weight is 233 g/mol. The molecular weight excluding hydrogens is 220 g/mol. The number of halogens is 2. The van der Waals surface area contributed by atoms with Crippen molar-refractivity contribution >= 4 is 0 Å². The molecule has 3 heteroatoms. The number of hydrogen-bond acceptors (Lipinski definition) is 0. The normalized spacial score (nSPS) is 6.70. The zero-order valence-electron chi connectivity index (χ0n) is 6.66. The van der Waals surface area contributed by atoms with Crippen LogP contribution in [-0.2, 0) is 19.5 Å². The monoisotopic (exact) mass is 231 g/mol. The molecule has 57 valence electrons. The summed E-state index contributed by atoms with van der Waals surface area (Å²) in [4.78, 5) is 0. The maximum absolute atomic E-state index is 3.62. The standard InChI is InChI=1S/C7H13.2ClH.Zn/c1-4-5-6-7(2)3;;;/h4H,1,5-6H2,2-3H3;2*1H;/q;;;+2/p-2. The van der Waals surface area contributed by atoms with Crippen LogP contribution in [0.15, 0.2) is 12.7 Å². The first kappa shape index (κ1) is 22.4. The topological polar surface area (TPSA) is 0 Å². The first-order valence-electron chi connectivity index (χ1n) is 2.67. The molecule has 1 radical (unpaired) electrons. The van der Waals surface area contributed by atoms with Gasteiger partial charge < -0.3 is 24.8 Å². The van der Waals surface area contributed by atoms with E-state index in [0.717, 1.165) is 6.42 Å². The van der Waals surface area contributed by atoms with Crippen LogP contribution in [0.1, 0.15) is 26.7 Å². The molecular formula is C7H13Cl2Zn. The van der Waals surface area contributed by atoms with Gasteiger partial charge in [0.1, 0.15) is 0 Å². The molecule has 0 atom stereocenters. The van der Waals surface area contributed by atoms with E-state index in [2.05, 4.69) is 20.4 Å². The molecule has 0 aromatic heterocycles. The van der Waals surface area contributed by atoms with Gasteiger partial charge in [0.2, 0.25) is 0 Å². The summed E-state index contributed by atoms with van der Waals surface area (Å²) >= 11 is 0. The average Bonchev–Trinajstić information content (AvgIpc) is 1.61. The summed E-state index contributed by atoms with van der Waals surface area (Å²) in [5.41, 5.74) is 0. The molecule has 0 aromatic carbocycles. The molecule has 0 saturated heterocycles. The minimum atomic E-state index is 0. The molecule has 0 bridgehead atoms. The van der Waals surface area contributed by atoms with Crippen molar-refractivity contribution in [3.63, 3.8) is 0 Å². The first-order valence-corrected chi connectivity index (χ1v) is 2.67. The van der Waals surface area contributed by atoms with Gasteiger partial charge in [0.15, 0.2) is 0 Å². The van der Waals surface area contributed by atoms with Gasteiger partial charge in [-0.2, -0.15) is 0 Å². The van der Waals surface area contributed by atoms with Crippen molar-refractivity contribution in [3.05, 3.63) is 18.6 Å². The Hall–Kier alpha value is 0.943. The number of allylic oxidation sites excluding steroid dienone is 1. The van der Waals surface area contributed by atoms with E-state index in [1.807, 2.05) is 6.08 Å². The van der Waals surface area contributed by atoms with Crippen LogP contribution in [-0.4, -0.2) is 0 Å². The molecule has 0 aliphatic carbocycles. The molecule has 0 spiro atoms. The number of rotatable bonds is 3. The Balaban J connectivity index is -0.0000000600. The van der Waals surface area contributed by atoms with E-state index in [-0.39, 0.29) is 44.3 Å². The van der Waals surface area contributed by atoms with Crippen LogP contribution in [0.25, 0.3) is 0 Å². The van der Waals surface area contributed by atoms with Gasteiger partial charge in [0.05, 0.1) is 0 Å². The van der Waals surface area contributed by atoms with E-state index in [1.165, 1.54) is 12.3 Å². The summed E-state index contributed by atoms with van der Waals surface area (Å²) in [5, 5.41) is 0. The Morgan fingerprint density at radius 3 is 1.80 bits per heavy atom. The van der Waals surface area contributed by atoms with Gasteiger partial charge in [-0.05, 0) is 18.8 Å². The van der Waals surface area contributed by atoms with Crippen molar-refractivity contribution in [1.29, 1.82) is 0 Å². The van der Waals surface area contributed by atoms with Crippen LogP contribution in [0.3, 0.4) is 0 Å². The summed E-state index contributed by atoms with van der Waals surface area (Å²) in [6.07, 6.45) is 4.28. The molecule has 0 rings (SSSR count). The van der Waals surface area contributed by atoms with Crippen LogP contribution < -0.4 is 24.8 Å². The second-order valence-electron chi connectivity index (χ2n) is 2.03. The second kappa shape index (κ2) is 16.5. The SMILES string of the molecule is C=CCC[C](C)C.[Cl-].[Cl-].[Zn+2]. The summed E-state index contributed by atoms with van der Waals surface area (Å²) in [6, 6.07) is 0. The van der Waals surface area contributed by atoms with Crippen LogP contribution in [0.4, 0.5) is 0 Å². The third-order valence-electron chi connectivity index (χ3n) is 0.848. The Morgan fingerprint density at radius 2 is 1.70 bits per heavy atom. The fraction of sp³-hybridized carbons (Fsp3) is 0.571. The molecule has 10 heavy (non-hydrogen) atoms. The Morgan fingerprint density at radius 1 is 1.30 bits per heavy atom. The third kappa shape index (κ3) is 23.1. The van der Waals surface area contributed by atoms with Gasteiger partial charge in [-0.25, -0.2) is 0 Å². The van der Waals surface area contributed by atoms with E-state index >= 15 is 0 Å². The molecule has 0 aliphatic heterocycles. The Kier molecular flexibility index (Phi) is 37.0. The smallest absolute Gasteiger partial charge is 1.00 e.